The largest absolute Gasteiger partial charge is 0.381 e. The van der Waals surface area contributed by atoms with E-state index in [1.165, 1.54) is 17.7 Å². The maximum atomic E-state index is 6.01. The Kier molecular flexibility index (Phi) is 3.10. The van der Waals surface area contributed by atoms with E-state index in [1.54, 1.807) is 0 Å². The van der Waals surface area contributed by atoms with Gasteiger partial charge in [0.05, 0.1) is 0 Å². The van der Waals surface area contributed by atoms with Crippen molar-refractivity contribution in [1.82, 2.24) is 5.32 Å². The van der Waals surface area contributed by atoms with Crippen LogP contribution in [0.15, 0.2) is 18.2 Å². The zero-order valence-corrected chi connectivity index (χ0v) is 9.87. The number of hydrogen-bond donors (Lipinski definition) is 2. The second-order valence-corrected chi connectivity index (χ2v) is 4.52. The number of anilines is 1. The van der Waals surface area contributed by atoms with Gasteiger partial charge in [0.15, 0.2) is 0 Å². The highest BCUT2D eigenvalue weighted by atomic mass is 35.5. The lowest BCUT2D eigenvalue weighted by atomic mass is 9.91. The molecule has 1 saturated heterocycles. The lowest BCUT2D eigenvalue weighted by Gasteiger charge is -2.26. The van der Waals surface area contributed by atoms with Gasteiger partial charge in [-0.1, -0.05) is 11.6 Å². The highest BCUT2D eigenvalue weighted by Gasteiger charge is 2.33. The molecule has 15 heavy (non-hydrogen) atoms. The van der Waals surface area contributed by atoms with Crippen LogP contribution in [0.3, 0.4) is 0 Å². The summed E-state index contributed by atoms with van der Waals surface area (Å²) in [6.07, 6.45) is 1.21. The minimum atomic E-state index is 0. The summed E-state index contributed by atoms with van der Waals surface area (Å²) in [5.41, 5.74) is 2.66. The lowest BCUT2D eigenvalue weighted by Crippen LogP contribution is -2.38. The van der Waals surface area contributed by atoms with Crippen molar-refractivity contribution in [3.8, 4) is 0 Å². The van der Waals surface area contributed by atoms with Gasteiger partial charge in [-0.15, -0.1) is 12.4 Å². The molecule has 2 aliphatic heterocycles. The van der Waals surface area contributed by atoms with Gasteiger partial charge in [-0.05, 0) is 36.7 Å². The summed E-state index contributed by atoms with van der Waals surface area (Å²) < 4.78 is 0. The van der Waals surface area contributed by atoms with Gasteiger partial charge in [0.25, 0.3) is 0 Å². The average Bonchev–Trinajstić information content (AvgIpc) is 2.56. The highest BCUT2D eigenvalue weighted by Crippen LogP contribution is 2.39. The van der Waals surface area contributed by atoms with Crippen molar-refractivity contribution >= 4 is 29.7 Å². The van der Waals surface area contributed by atoms with Crippen LogP contribution in [0.25, 0.3) is 0 Å². The summed E-state index contributed by atoms with van der Waals surface area (Å²) in [7, 11) is 0. The molecule has 0 aromatic heterocycles. The van der Waals surface area contributed by atoms with Crippen LogP contribution < -0.4 is 10.6 Å². The topological polar surface area (TPSA) is 24.1 Å². The zero-order valence-electron chi connectivity index (χ0n) is 8.29. The Morgan fingerprint density at radius 1 is 1.33 bits per heavy atom. The minimum absolute atomic E-state index is 0. The number of fused-ring (bicyclic) bond motifs is 3. The molecule has 2 heterocycles. The van der Waals surface area contributed by atoms with E-state index in [1.807, 2.05) is 6.07 Å². The fraction of sp³-hybridized carbons (Fsp3) is 0.455. The standard InChI is InChI=1S/C11H13ClN2.ClH/c12-7-1-2-10-8(5-7)9-6-13-4-3-11(9)14-10;/h1-2,5,9,11,13-14H,3-4,6H2;1H. The number of nitrogens with one attached hydrogen (secondary N) is 2. The van der Waals surface area contributed by atoms with E-state index < -0.39 is 0 Å². The molecule has 0 spiro atoms. The molecule has 1 aromatic rings. The Morgan fingerprint density at radius 3 is 3.07 bits per heavy atom. The quantitative estimate of drug-likeness (QED) is 0.734. The predicted octanol–water partition coefficient (Wildman–Crippen LogP) is 2.63. The van der Waals surface area contributed by atoms with E-state index in [9.17, 15) is 0 Å². The summed E-state index contributed by atoms with van der Waals surface area (Å²) >= 11 is 6.01. The first-order valence-electron chi connectivity index (χ1n) is 5.11. The van der Waals surface area contributed by atoms with Gasteiger partial charge in [0.2, 0.25) is 0 Å². The first-order valence-corrected chi connectivity index (χ1v) is 5.49. The smallest absolute Gasteiger partial charge is 0.0410 e. The molecule has 4 heteroatoms. The molecule has 2 N–H and O–H groups in total. The van der Waals surface area contributed by atoms with Crippen LogP contribution in [0.2, 0.25) is 5.02 Å². The number of hydrogen-bond acceptors (Lipinski definition) is 2. The number of rotatable bonds is 0. The third-order valence-electron chi connectivity index (χ3n) is 3.24. The highest BCUT2D eigenvalue weighted by molar-refractivity contribution is 6.30. The predicted molar refractivity (Wildman–Crippen MR) is 66.3 cm³/mol. The van der Waals surface area contributed by atoms with Crippen LogP contribution in [0, 0.1) is 0 Å². The second-order valence-electron chi connectivity index (χ2n) is 4.08. The van der Waals surface area contributed by atoms with Crippen LogP contribution in [-0.2, 0) is 0 Å². The molecule has 0 aliphatic carbocycles. The maximum Gasteiger partial charge on any atom is 0.0410 e. The van der Waals surface area contributed by atoms with Gasteiger partial charge >= 0.3 is 0 Å². The number of benzene rings is 1. The summed E-state index contributed by atoms with van der Waals surface area (Å²) in [5.74, 6) is 0.609. The summed E-state index contributed by atoms with van der Waals surface area (Å²) in [6.45, 7) is 2.20. The monoisotopic (exact) mass is 244 g/mol. The molecule has 0 bridgehead atoms. The van der Waals surface area contributed by atoms with E-state index in [0.29, 0.717) is 12.0 Å². The molecule has 3 rings (SSSR count). The Morgan fingerprint density at radius 2 is 2.20 bits per heavy atom. The molecule has 0 saturated carbocycles. The SMILES string of the molecule is Cl.Clc1ccc2c(c1)C1CNCCC1N2. The molecular formula is C11H14Cl2N2. The van der Waals surface area contributed by atoms with Crippen molar-refractivity contribution in [3.63, 3.8) is 0 Å². The molecular weight excluding hydrogens is 231 g/mol. The average molecular weight is 245 g/mol. The van der Waals surface area contributed by atoms with Crippen molar-refractivity contribution in [3.05, 3.63) is 28.8 Å². The lowest BCUT2D eigenvalue weighted by molar-refractivity contribution is 0.440. The molecule has 2 aliphatic rings. The van der Waals surface area contributed by atoms with Crippen molar-refractivity contribution in [2.45, 2.75) is 18.4 Å². The molecule has 2 atom stereocenters. The van der Waals surface area contributed by atoms with Crippen LogP contribution in [0.1, 0.15) is 17.9 Å². The first-order chi connectivity index (χ1) is 6.84. The number of halogens is 2. The molecule has 2 unspecified atom stereocenters. The molecule has 1 aromatic carbocycles. The van der Waals surface area contributed by atoms with Crippen LogP contribution in [0.4, 0.5) is 5.69 Å². The van der Waals surface area contributed by atoms with E-state index >= 15 is 0 Å². The van der Waals surface area contributed by atoms with Crippen molar-refractivity contribution in [1.29, 1.82) is 0 Å². The van der Waals surface area contributed by atoms with Gasteiger partial charge in [-0.3, -0.25) is 0 Å². The fourth-order valence-electron chi connectivity index (χ4n) is 2.53. The third-order valence-corrected chi connectivity index (χ3v) is 3.47. The molecule has 82 valence electrons. The summed E-state index contributed by atoms with van der Waals surface area (Å²) in [6, 6.07) is 6.76. The van der Waals surface area contributed by atoms with Crippen LogP contribution >= 0.6 is 24.0 Å². The van der Waals surface area contributed by atoms with Gasteiger partial charge in [0, 0.05) is 29.2 Å². The molecule has 0 amide bonds. The Hall–Kier alpha value is -0.440. The van der Waals surface area contributed by atoms with E-state index in [4.69, 9.17) is 11.6 Å². The number of piperidine rings is 1. The third kappa shape index (κ3) is 1.82. The second kappa shape index (κ2) is 4.20. The molecule has 0 radical (unpaired) electrons. The molecule has 1 fully saturated rings. The van der Waals surface area contributed by atoms with Crippen LogP contribution in [-0.4, -0.2) is 19.1 Å². The Bertz CT molecular complexity index is 368. The van der Waals surface area contributed by atoms with Gasteiger partial charge in [0.1, 0.15) is 0 Å². The maximum absolute atomic E-state index is 6.01. The van der Waals surface area contributed by atoms with E-state index in [0.717, 1.165) is 18.1 Å². The molecule has 2 nitrogen and oxygen atoms in total. The van der Waals surface area contributed by atoms with Gasteiger partial charge < -0.3 is 10.6 Å². The minimum Gasteiger partial charge on any atom is -0.381 e. The summed E-state index contributed by atoms with van der Waals surface area (Å²) in [4.78, 5) is 0. The fourth-order valence-corrected chi connectivity index (χ4v) is 2.71. The normalized spacial score (nSPS) is 27.3. The Labute approximate surface area is 101 Å². The van der Waals surface area contributed by atoms with E-state index in [-0.39, 0.29) is 12.4 Å². The van der Waals surface area contributed by atoms with Gasteiger partial charge in [-0.25, -0.2) is 0 Å². The summed E-state index contributed by atoms with van der Waals surface area (Å²) in [5, 5.41) is 7.84. The Balaban J connectivity index is 0.000000853. The van der Waals surface area contributed by atoms with Crippen molar-refractivity contribution < 1.29 is 0 Å². The first kappa shape index (κ1) is 11.1. The van der Waals surface area contributed by atoms with Gasteiger partial charge in [-0.2, -0.15) is 0 Å². The van der Waals surface area contributed by atoms with Crippen molar-refractivity contribution in [2.75, 3.05) is 18.4 Å². The van der Waals surface area contributed by atoms with Crippen molar-refractivity contribution in [2.24, 2.45) is 0 Å². The van der Waals surface area contributed by atoms with E-state index in [2.05, 4.69) is 22.8 Å². The van der Waals surface area contributed by atoms with Crippen LogP contribution in [0.5, 0.6) is 0 Å². The zero-order chi connectivity index (χ0) is 9.54.